The van der Waals surface area contributed by atoms with Crippen molar-refractivity contribution >= 4 is 5.91 Å². The summed E-state index contributed by atoms with van der Waals surface area (Å²) in [7, 11) is 0. The quantitative estimate of drug-likeness (QED) is 0.781. The Kier molecular flexibility index (Phi) is 6.26. The molecule has 2 aliphatic rings. The van der Waals surface area contributed by atoms with Crippen LogP contribution in [0.5, 0.6) is 0 Å². The molecule has 1 aromatic rings. The minimum Gasteiger partial charge on any atom is -0.342 e. The van der Waals surface area contributed by atoms with Crippen molar-refractivity contribution in [3.8, 4) is 0 Å². The normalized spacial score (nSPS) is 20.5. The standard InChI is InChI=1S/C18H31N5O/c1-2-17-19-6-9-22(17)15-14-20-10-12-21(13-11-20)16-18(24)23-7-4-3-5-8-23/h6,9H,2-5,7-8,10-16H2,1H3. The summed E-state index contributed by atoms with van der Waals surface area (Å²) in [4.78, 5) is 23.6. The fourth-order valence-electron chi connectivity index (χ4n) is 3.71. The molecule has 2 saturated heterocycles. The maximum atomic E-state index is 12.4. The molecule has 6 heteroatoms. The Balaban J connectivity index is 1.37. The summed E-state index contributed by atoms with van der Waals surface area (Å²) in [5, 5.41) is 0. The maximum Gasteiger partial charge on any atom is 0.236 e. The van der Waals surface area contributed by atoms with E-state index in [1.54, 1.807) is 0 Å². The molecule has 2 aliphatic heterocycles. The van der Waals surface area contributed by atoms with Crippen LogP contribution in [0.25, 0.3) is 0 Å². The molecule has 0 bridgehead atoms. The second kappa shape index (κ2) is 8.62. The highest BCUT2D eigenvalue weighted by Gasteiger charge is 2.22. The number of likely N-dealkylation sites (tertiary alicyclic amines) is 1. The van der Waals surface area contributed by atoms with Gasteiger partial charge in [0, 0.05) is 71.2 Å². The topological polar surface area (TPSA) is 44.6 Å². The SMILES string of the molecule is CCc1nccn1CCN1CCN(CC(=O)N2CCCCC2)CC1. The van der Waals surface area contributed by atoms with Gasteiger partial charge < -0.3 is 9.47 Å². The van der Waals surface area contributed by atoms with Crippen LogP contribution in [-0.2, 0) is 17.8 Å². The van der Waals surface area contributed by atoms with Gasteiger partial charge in [0.2, 0.25) is 5.91 Å². The summed E-state index contributed by atoms with van der Waals surface area (Å²) < 4.78 is 2.26. The molecule has 0 aromatic carbocycles. The first-order valence-electron chi connectivity index (χ1n) is 9.48. The molecule has 0 unspecified atom stereocenters. The third kappa shape index (κ3) is 4.57. The van der Waals surface area contributed by atoms with Gasteiger partial charge in [-0.1, -0.05) is 6.92 Å². The fraction of sp³-hybridized carbons (Fsp3) is 0.778. The molecule has 0 N–H and O–H groups in total. The maximum absolute atomic E-state index is 12.4. The van der Waals surface area contributed by atoms with Gasteiger partial charge >= 0.3 is 0 Å². The number of aryl methyl sites for hydroxylation is 1. The van der Waals surface area contributed by atoms with Crippen molar-refractivity contribution in [2.45, 2.75) is 39.2 Å². The predicted molar refractivity (Wildman–Crippen MR) is 94.9 cm³/mol. The summed E-state index contributed by atoms with van der Waals surface area (Å²) in [5.41, 5.74) is 0. The van der Waals surface area contributed by atoms with E-state index in [9.17, 15) is 4.79 Å². The van der Waals surface area contributed by atoms with Crippen LogP contribution >= 0.6 is 0 Å². The molecular formula is C18H31N5O. The van der Waals surface area contributed by atoms with Crippen molar-refractivity contribution in [1.29, 1.82) is 0 Å². The van der Waals surface area contributed by atoms with Crippen molar-refractivity contribution in [3.05, 3.63) is 18.2 Å². The average Bonchev–Trinajstić information content (AvgIpc) is 3.09. The lowest BCUT2D eigenvalue weighted by Gasteiger charge is -2.36. The number of hydrogen-bond donors (Lipinski definition) is 0. The van der Waals surface area contributed by atoms with E-state index in [4.69, 9.17) is 0 Å². The van der Waals surface area contributed by atoms with Crippen molar-refractivity contribution in [2.75, 3.05) is 52.4 Å². The number of nitrogens with zero attached hydrogens (tertiary/aromatic N) is 5. The Bertz CT molecular complexity index is 515. The Morgan fingerprint density at radius 2 is 1.71 bits per heavy atom. The van der Waals surface area contributed by atoms with Gasteiger partial charge in [-0.3, -0.25) is 14.6 Å². The molecular weight excluding hydrogens is 302 g/mol. The predicted octanol–water partition coefficient (Wildman–Crippen LogP) is 1.08. The highest BCUT2D eigenvalue weighted by atomic mass is 16.2. The number of amides is 1. The Hall–Kier alpha value is -1.40. The number of carbonyl (C=O) groups is 1. The minimum atomic E-state index is 0.328. The van der Waals surface area contributed by atoms with E-state index in [1.165, 1.54) is 25.1 Å². The van der Waals surface area contributed by atoms with Crippen molar-refractivity contribution < 1.29 is 4.79 Å². The van der Waals surface area contributed by atoms with Crippen LogP contribution in [0.3, 0.4) is 0 Å². The van der Waals surface area contributed by atoms with Crippen LogP contribution in [0, 0.1) is 0 Å². The number of piperazine rings is 1. The number of rotatable bonds is 6. The largest absolute Gasteiger partial charge is 0.342 e. The summed E-state index contributed by atoms with van der Waals surface area (Å²) in [6, 6.07) is 0. The zero-order chi connectivity index (χ0) is 16.8. The van der Waals surface area contributed by atoms with Crippen LogP contribution in [0.4, 0.5) is 0 Å². The highest BCUT2D eigenvalue weighted by Crippen LogP contribution is 2.10. The van der Waals surface area contributed by atoms with Crippen molar-refractivity contribution in [3.63, 3.8) is 0 Å². The number of aromatic nitrogens is 2. The monoisotopic (exact) mass is 333 g/mol. The van der Waals surface area contributed by atoms with E-state index in [2.05, 4.69) is 37.4 Å². The Morgan fingerprint density at radius 3 is 2.42 bits per heavy atom. The molecule has 0 atom stereocenters. The minimum absolute atomic E-state index is 0.328. The van der Waals surface area contributed by atoms with Gasteiger partial charge in [-0.15, -0.1) is 0 Å². The summed E-state index contributed by atoms with van der Waals surface area (Å²) in [6.07, 6.45) is 8.58. The molecule has 1 amide bonds. The van der Waals surface area contributed by atoms with E-state index in [0.29, 0.717) is 12.5 Å². The number of carbonyl (C=O) groups excluding carboxylic acids is 1. The van der Waals surface area contributed by atoms with Crippen LogP contribution in [0.15, 0.2) is 12.4 Å². The summed E-state index contributed by atoms with van der Waals surface area (Å²) in [6.45, 7) is 10.9. The molecule has 3 heterocycles. The molecule has 2 fully saturated rings. The first kappa shape index (κ1) is 17.4. The second-order valence-electron chi connectivity index (χ2n) is 6.95. The Labute approximate surface area is 145 Å². The zero-order valence-corrected chi connectivity index (χ0v) is 15.0. The van der Waals surface area contributed by atoms with Crippen molar-refractivity contribution in [1.82, 2.24) is 24.3 Å². The summed E-state index contributed by atoms with van der Waals surface area (Å²) in [5.74, 6) is 1.50. The average molecular weight is 333 g/mol. The molecule has 0 radical (unpaired) electrons. The van der Waals surface area contributed by atoms with Crippen LogP contribution in [-0.4, -0.2) is 82.5 Å². The summed E-state index contributed by atoms with van der Waals surface area (Å²) >= 11 is 0. The molecule has 24 heavy (non-hydrogen) atoms. The third-order valence-electron chi connectivity index (χ3n) is 5.31. The lowest BCUT2D eigenvalue weighted by atomic mass is 10.1. The van der Waals surface area contributed by atoms with Crippen molar-refractivity contribution in [2.24, 2.45) is 0 Å². The van der Waals surface area contributed by atoms with Gasteiger partial charge in [0.05, 0.1) is 6.54 Å². The van der Waals surface area contributed by atoms with E-state index < -0.39 is 0 Å². The first-order valence-corrected chi connectivity index (χ1v) is 9.48. The van der Waals surface area contributed by atoms with Gasteiger partial charge in [0.15, 0.2) is 0 Å². The molecule has 1 aromatic heterocycles. The Morgan fingerprint density at radius 1 is 1.00 bits per heavy atom. The van der Waals surface area contributed by atoms with Crippen LogP contribution in [0.2, 0.25) is 0 Å². The lowest BCUT2D eigenvalue weighted by Crippen LogP contribution is -2.51. The van der Waals surface area contributed by atoms with Gasteiger partial charge in [0.25, 0.3) is 0 Å². The van der Waals surface area contributed by atoms with Crippen LogP contribution in [0.1, 0.15) is 32.0 Å². The molecule has 6 nitrogen and oxygen atoms in total. The van der Waals surface area contributed by atoms with Gasteiger partial charge in [-0.2, -0.15) is 0 Å². The van der Waals surface area contributed by atoms with Crippen LogP contribution < -0.4 is 0 Å². The molecule has 0 saturated carbocycles. The van der Waals surface area contributed by atoms with Gasteiger partial charge in [-0.25, -0.2) is 4.98 Å². The molecule has 134 valence electrons. The number of hydrogen-bond acceptors (Lipinski definition) is 4. The van der Waals surface area contributed by atoms with Gasteiger partial charge in [-0.05, 0) is 19.3 Å². The first-order chi connectivity index (χ1) is 11.8. The zero-order valence-electron chi connectivity index (χ0n) is 15.0. The number of piperidine rings is 1. The van der Waals surface area contributed by atoms with E-state index in [0.717, 1.165) is 58.8 Å². The third-order valence-corrected chi connectivity index (χ3v) is 5.31. The lowest BCUT2D eigenvalue weighted by molar-refractivity contribution is -0.133. The fourth-order valence-corrected chi connectivity index (χ4v) is 3.71. The van der Waals surface area contributed by atoms with Gasteiger partial charge in [0.1, 0.15) is 5.82 Å². The smallest absolute Gasteiger partial charge is 0.236 e. The molecule has 0 aliphatic carbocycles. The molecule has 3 rings (SSSR count). The highest BCUT2D eigenvalue weighted by molar-refractivity contribution is 5.78. The molecule has 0 spiro atoms. The van der Waals surface area contributed by atoms with E-state index in [-0.39, 0.29) is 0 Å². The number of imidazole rings is 1. The second-order valence-corrected chi connectivity index (χ2v) is 6.95. The van der Waals surface area contributed by atoms with E-state index in [1.807, 2.05) is 6.20 Å². The van der Waals surface area contributed by atoms with E-state index >= 15 is 0 Å².